The highest BCUT2D eigenvalue weighted by molar-refractivity contribution is 6.07. The number of ether oxygens (including phenoxy) is 3. The van der Waals surface area contributed by atoms with E-state index in [1.165, 1.54) is 7.11 Å². The lowest BCUT2D eigenvalue weighted by Crippen LogP contribution is -2.13. The SMILES string of the molecule is CCOc1ccc2oc(C(=O)Nc3ccc(OC)cc3OC)c(C)c2c1. The molecule has 2 aromatic carbocycles. The van der Waals surface area contributed by atoms with Crippen LogP contribution in [0.2, 0.25) is 0 Å². The second-order valence-electron chi connectivity index (χ2n) is 5.67. The lowest BCUT2D eigenvalue weighted by molar-refractivity contribution is 0.0997. The monoisotopic (exact) mass is 355 g/mol. The Balaban J connectivity index is 1.92. The number of rotatable bonds is 6. The summed E-state index contributed by atoms with van der Waals surface area (Å²) >= 11 is 0. The van der Waals surface area contributed by atoms with Gasteiger partial charge in [0.15, 0.2) is 5.76 Å². The van der Waals surface area contributed by atoms with Gasteiger partial charge in [-0.2, -0.15) is 0 Å². The zero-order valence-corrected chi connectivity index (χ0v) is 15.2. The van der Waals surface area contributed by atoms with E-state index in [9.17, 15) is 4.79 Å². The van der Waals surface area contributed by atoms with Crippen LogP contribution >= 0.6 is 0 Å². The minimum Gasteiger partial charge on any atom is -0.497 e. The van der Waals surface area contributed by atoms with Gasteiger partial charge in [0, 0.05) is 17.0 Å². The van der Waals surface area contributed by atoms with Gasteiger partial charge >= 0.3 is 0 Å². The molecule has 6 heteroatoms. The molecule has 0 atom stereocenters. The molecular formula is C20H21NO5. The number of carbonyl (C=O) groups excluding carboxylic acids is 1. The number of fused-ring (bicyclic) bond motifs is 1. The summed E-state index contributed by atoms with van der Waals surface area (Å²) in [6, 6.07) is 10.7. The van der Waals surface area contributed by atoms with Gasteiger partial charge in [-0.15, -0.1) is 0 Å². The van der Waals surface area contributed by atoms with Crippen LogP contribution in [0.4, 0.5) is 5.69 Å². The van der Waals surface area contributed by atoms with Crippen LogP contribution in [0.15, 0.2) is 40.8 Å². The van der Waals surface area contributed by atoms with Crippen LogP contribution in [-0.4, -0.2) is 26.7 Å². The first-order chi connectivity index (χ1) is 12.6. The van der Waals surface area contributed by atoms with E-state index >= 15 is 0 Å². The zero-order valence-electron chi connectivity index (χ0n) is 15.2. The molecule has 3 aromatic rings. The van der Waals surface area contributed by atoms with Gasteiger partial charge in [0.2, 0.25) is 0 Å². The van der Waals surface area contributed by atoms with E-state index in [0.29, 0.717) is 29.4 Å². The Morgan fingerprint density at radius 3 is 2.54 bits per heavy atom. The summed E-state index contributed by atoms with van der Waals surface area (Å²) in [5.74, 6) is 1.80. The average Bonchev–Trinajstić information content (AvgIpc) is 2.99. The maximum absolute atomic E-state index is 12.7. The third-order valence-corrected chi connectivity index (χ3v) is 4.08. The standard InChI is InChI=1S/C20H21NO5/c1-5-25-14-7-9-17-15(10-14)12(2)19(26-17)20(22)21-16-8-6-13(23-3)11-18(16)24-4/h6-11H,5H2,1-4H3,(H,21,22). The first-order valence-corrected chi connectivity index (χ1v) is 8.26. The summed E-state index contributed by atoms with van der Waals surface area (Å²) in [6.07, 6.45) is 0. The number of methoxy groups -OCH3 is 2. The molecule has 0 aliphatic carbocycles. The van der Waals surface area contributed by atoms with Gasteiger partial charge in [-0.3, -0.25) is 4.79 Å². The normalized spacial score (nSPS) is 10.6. The van der Waals surface area contributed by atoms with Crippen molar-refractivity contribution in [2.75, 3.05) is 26.1 Å². The largest absolute Gasteiger partial charge is 0.497 e. The van der Waals surface area contributed by atoms with Crippen LogP contribution in [-0.2, 0) is 0 Å². The predicted molar refractivity (Wildman–Crippen MR) is 99.6 cm³/mol. The van der Waals surface area contributed by atoms with Crippen LogP contribution in [0, 0.1) is 6.92 Å². The van der Waals surface area contributed by atoms with Crippen molar-refractivity contribution in [3.8, 4) is 17.2 Å². The van der Waals surface area contributed by atoms with E-state index in [2.05, 4.69) is 5.32 Å². The molecule has 0 saturated carbocycles. The molecule has 6 nitrogen and oxygen atoms in total. The fourth-order valence-electron chi connectivity index (χ4n) is 2.75. The molecule has 136 valence electrons. The molecule has 0 radical (unpaired) electrons. The number of nitrogens with one attached hydrogen (secondary N) is 1. The van der Waals surface area contributed by atoms with E-state index in [0.717, 1.165) is 16.7 Å². The van der Waals surface area contributed by atoms with Gasteiger partial charge < -0.3 is 23.9 Å². The third-order valence-electron chi connectivity index (χ3n) is 4.08. The number of hydrogen-bond acceptors (Lipinski definition) is 5. The summed E-state index contributed by atoms with van der Waals surface area (Å²) in [5.41, 5.74) is 1.93. The van der Waals surface area contributed by atoms with E-state index in [1.54, 1.807) is 31.4 Å². The Bertz CT molecular complexity index is 945. The van der Waals surface area contributed by atoms with Crippen molar-refractivity contribution < 1.29 is 23.4 Å². The van der Waals surface area contributed by atoms with Crippen LogP contribution in [0.1, 0.15) is 23.0 Å². The Morgan fingerprint density at radius 1 is 1.08 bits per heavy atom. The fourth-order valence-corrected chi connectivity index (χ4v) is 2.75. The summed E-state index contributed by atoms with van der Waals surface area (Å²) in [7, 11) is 3.10. The molecule has 0 unspecified atom stereocenters. The van der Waals surface area contributed by atoms with Crippen LogP contribution in [0.5, 0.6) is 17.2 Å². The summed E-state index contributed by atoms with van der Waals surface area (Å²) < 4.78 is 21.7. The van der Waals surface area contributed by atoms with Gasteiger partial charge in [0.1, 0.15) is 22.8 Å². The second kappa shape index (κ2) is 7.39. The number of amides is 1. The lowest BCUT2D eigenvalue weighted by Gasteiger charge is -2.11. The Labute approximate surface area is 151 Å². The van der Waals surface area contributed by atoms with E-state index in [1.807, 2.05) is 26.0 Å². The van der Waals surface area contributed by atoms with Crippen molar-refractivity contribution >= 4 is 22.6 Å². The molecule has 1 amide bonds. The molecule has 26 heavy (non-hydrogen) atoms. The summed E-state index contributed by atoms with van der Waals surface area (Å²) in [4.78, 5) is 12.7. The molecular weight excluding hydrogens is 334 g/mol. The smallest absolute Gasteiger partial charge is 0.291 e. The average molecular weight is 355 g/mol. The number of benzene rings is 2. The molecule has 0 saturated heterocycles. The van der Waals surface area contributed by atoms with Crippen molar-refractivity contribution in [3.63, 3.8) is 0 Å². The number of aryl methyl sites for hydroxylation is 1. The molecule has 0 aliphatic heterocycles. The van der Waals surface area contributed by atoms with Crippen molar-refractivity contribution in [1.82, 2.24) is 0 Å². The topological polar surface area (TPSA) is 69.9 Å². The lowest BCUT2D eigenvalue weighted by atomic mass is 10.1. The minimum atomic E-state index is -0.347. The molecule has 3 rings (SSSR count). The van der Waals surface area contributed by atoms with Crippen molar-refractivity contribution in [2.24, 2.45) is 0 Å². The van der Waals surface area contributed by atoms with Gasteiger partial charge in [0.25, 0.3) is 5.91 Å². The maximum Gasteiger partial charge on any atom is 0.291 e. The van der Waals surface area contributed by atoms with Gasteiger partial charge in [-0.1, -0.05) is 0 Å². The second-order valence-corrected chi connectivity index (χ2v) is 5.67. The van der Waals surface area contributed by atoms with Crippen molar-refractivity contribution in [3.05, 3.63) is 47.7 Å². The third kappa shape index (κ3) is 3.31. The minimum absolute atomic E-state index is 0.256. The maximum atomic E-state index is 12.7. The van der Waals surface area contributed by atoms with Crippen molar-refractivity contribution in [1.29, 1.82) is 0 Å². The highest BCUT2D eigenvalue weighted by Crippen LogP contribution is 2.32. The van der Waals surface area contributed by atoms with Gasteiger partial charge in [0.05, 0.1) is 26.5 Å². The molecule has 0 fully saturated rings. The Hall–Kier alpha value is -3.15. The van der Waals surface area contributed by atoms with Crippen LogP contribution in [0.3, 0.4) is 0 Å². The zero-order chi connectivity index (χ0) is 18.7. The molecule has 0 spiro atoms. The van der Waals surface area contributed by atoms with E-state index in [4.69, 9.17) is 18.6 Å². The molecule has 1 aromatic heterocycles. The molecule has 1 heterocycles. The fraction of sp³-hybridized carbons (Fsp3) is 0.250. The first-order valence-electron chi connectivity index (χ1n) is 8.26. The summed E-state index contributed by atoms with van der Waals surface area (Å²) in [5, 5.41) is 3.68. The van der Waals surface area contributed by atoms with Gasteiger partial charge in [-0.25, -0.2) is 0 Å². The van der Waals surface area contributed by atoms with Crippen LogP contribution < -0.4 is 19.5 Å². The highest BCUT2D eigenvalue weighted by Gasteiger charge is 2.19. The number of anilines is 1. The number of furan rings is 1. The number of hydrogen-bond donors (Lipinski definition) is 1. The highest BCUT2D eigenvalue weighted by atomic mass is 16.5. The molecule has 0 aliphatic rings. The quantitative estimate of drug-likeness (QED) is 0.709. The van der Waals surface area contributed by atoms with Crippen molar-refractivity contribution in [2.45, 2.75) is 13.8 Å². The first kappa shape index (κ1) is 17.7. The van der Waals surface area contributed by atoms with Gasteiger partial charge in [-0.05, 0) is 44.2 Å². The predicted octanol–water partition coefficient (Wildman–Crippen LogP) is 4.41. The molecule has 0 bridgehead atoms. The van der Waals surface area contributed by atoms with Crippen LogP contribution in [0.25, 0.3) is 11.0 Å². The number of carbonyl (C=O) groups is 1. The Kier molecular flexibility index (Phi) is 5.02. The summed E-state index contributed by atoms with van der Waals surface area (Å²) in [6.45, 7) is 4.35. The van der Waals surface area contributed by atoms with E-state index < -0.39 is 0 Å². The Morgan fingerprint density at radius 2 is 1.85 bits per heavy atom. The molecule has 1 N–H and O–H groups in total. The van der Waals surface area contributed by atoms with E-state index in [-0.39, 0.29) is 11.7 Å².